The number of aromatic nitrogens is 1. The van der Waals surface area contributed by atoms with Crippen LogP contribution in [-0.4, -0.2) is 50.6 Å². The van der Waals surface area contributed by atoms with E-state index in [4.69, 9.17) is 9.47 Å². The summed E-state index contributed by atoms with van der Waals surface area (Å²) in [5, 5.41) is 7.31. The van der Waals surface area contributed by atoms with E-state index in [1.807, 2.05) is 24.3 Å². The van der Waals surface area contributed by atoms with E-state index in [1.54, 1.807) is 33.7 Å². The lowest BCUT2D eigenvalue weighted by atomic mass is 9.74. The van der Waals surface area contributed by atoms with Crippen molar-refractivity contribution < 1.29 is 18.8 Å². The normalized spacial score (nSPS) is 32.6. The number of hydrazine groups is 1. The molecule has 6 rings (SSSR count). The summed E-state index contributed by atoms with van der Waals surface area (Å²) in [7, 11) is 0.849. The number of carbonyl (C=O) groups excluding carboxylic acids is 1. The van der Waals surface area contributed by atoms with Gasteiger partial charge in [0.05, 0.1) is 25.8 Å². The molecule has 2 saturated carbocycles. The van der Waals surface area contributed by atoms with Crippen LogP contribution in [0.3, 0.4) is 0 Å². The van der Waals surface area contributed by atoms with Crippen molar-refractivity contribution >= 4 is 29.9 Å². The van der Waals surface area contributed by atoms with Crippen molar-refractivity contribution in [2.75, 3.05) is 38.2 Å². The Hall–Kier alpha value is -2.61. The molecule has 4 N–H and O–H groups in total. The summed E-state index contributed by atoms with van der Waals surface area (Å²) < 4.78 is 23.5. The average molecular weight is 512 g/mol. The molecule has 2 aliphatic carbocycles. The van der Waals surface area contributed by atoms with Crippen molar-refractivity contribution in [1.82, 2.24) is 15.8 Å². The highest BCUT2D eigenvalue weighted by molar-refractivity contribution is 7.70. The van der Waals surface area contributed by atoms with Crippen molar-refractivity contribution in [1.29, 1.82) is 0 Å². The number of methoxy groups -OCH3 is 2. The molecule has 1 aromatic heterocycles. The number of fused-ring (bicyclic) bond motifs is 3. The molecule has 9 nitrogen and oxygen atoms in total. The number of anilines is 2. The first-order valence-electron chi connectivity index (χ1n) is 12.6. The van der Waals surface area contributed by atoms with E-state index < -0.39 is 12.6 Å². The Labute approximate surface area is 211 Å². The summed E-state index contributed by atoms with van der Waals surface area (Å²) in [6.07, 6.45) is 5.74. The summed E-state index contributed by atoms with van der Waals surface area (Å²) in [6, 6.07) is 8.03. The zero-order valence-electron chi connectivity index (χ0n) is 21.1. The zero-order valence-corrected chi connectivity index (χ0v) is 22.0. The second-order valence-electron chi connectivity index (χ2n) is 11.0. The van der Waals surface area contributed by atoms with E-state index in [0.717, 1.165) is 42.7 Å². The van der Waals surface area contributed by atoms with Crippen LogP contribution in [0.25, 0.3) is 0 Å². The molecule has 36 heavy (non-hydrogen) atoms. The Morgan fingerprint density at radius 1 is 1.14 bits per heavy atom. The number of benzene rings is 1. The summed E-state index contributed by atoms with van der Waals surface area (Å²) in [4.78, 5) is 17.6. The number of hydrogen-bond donors (Lipinski definition) is 4. The fourth-order valence-electron chi connectivity index (χ4n) is 6.66. The molecule has 1 amide bonds. The summed E-state index contributed by atoms with van der Waals surface area (Å²) in [6.45, 7) is 3.46. The molecule has 4 aliphatic rings. The van der Waals surface area contributed by atoms with E-state index in [0.29, 0.717) is 40.7 Å². The highest BCUT2D eigenvalue weighted by atomic mass is 31.2. The van der Waals surface area contributed by atoms with Crippen molar-refractivity contribution in [3.8, 4) is 11.5 Å². The second kappa shape index (κ2) is 8.47. The topological polar surface area (TPSA) is 114 Å². The maximum Gasteiger partial charge on any atom is 0.235 e. The molecule has 1 saturated heterocycles. The molecule has 6 atom stereocenters. The molecule has 1 aromatic carbocycles. The van der Waals surface area contributed by atoms with Gasteiger partial charge in [0, 0.05) is 29.1 Å². The van der Waals surface area contributed by atoms with Gasteiger partial charge in [-0.15, -0.1) is 0 Å². The van der Waals surface area contributed by atoms with Crippen LogP contribution in [0.5, 0.6) is 11.5 Å². The van der Waals surface area contributed by atoms with Gasteiger partial charge in [0.15, 0.2) is 11.6 Å². The number of nitrogens with zero attached hydrogens (tertiary/aromatic N) is 1. The molecule has 1 spiro atoms. The zero-order chi connectivity index (χ0) is 25.2. The molecule has 10 heteroatoms. The maximum atomic E-state index is 13.1. The van der Waals surface area contributed by atoms with Crippen LogP contribution in [-0.2, 0) is 14.8 Å². The molecule has 0 radical (unpaired) electrons. The van der Waals surface area contributed by atoms with E-state index in [-0.39, 0.29) is 12.1 Å². The number of pyridine rings is 1. The SMILES string of the molecule is COc1ccc2c(c1)[C@]1(C[C@H]1C1CCC3C(C1)NNC3Nc1ncc(P(C)(C)=O)cc1OC)C(=O)N2. The molecule has 3 fully saturated rings. The van der Waals surface area contributed by atoms with Gasteiger partial charge in [0.25, 0.3) is 0 Å². The van der Waals surface area contributed by atoms with Gasteiger partial charge in [-0.3, -0.25) is 10.2 Å². The maximum absolute atomic E-state index is 13.1. The van der Waals surface area contributed by atoms with Crippen LogP contribution in [0.2, 0.25) is 0 Å². The first-order valence-corrected chi connectivity index (χ1v) is 15.2. The van der Waals surface area contributed by atoms with Gasteiger partial charge < -0.3 is 24.7 Å². The lowest BCUT2D eigenvalue weighted by Crippen LogP contribution is -2.39. The van der Waals surface area contributed by atoms with Crippen LogP contribution >= 0.6 is 7.14 Å². The Balaban J connectivity index is 1.15. The minimum atomic E-state index is -2.42. The molecular weight excluding hydrogens is 477 g/mol. The summed E-state index contributed by atoms with van der Waals surface area (Å²) in [5.41, 5.74) is 8.54. The monoisotopic (exact) mass is 511 g/mol. The second-order valence-corrected chi connectivity index (χ2v) is 14.2. The third kappa shape index (κ3) is 3.71. The first kappa shape index (κ1) is 23.8. The van der Waals surface area contributed by atoms with Crippen LogP contribution in [0, 0.1) is 17.8 Å². The largest absolute Gasteiger partial charge is 0.497 e. The van der Waals surface area contributed by atoms with Crippen LogP contribution in [0.15, 0.2) is 30.5 Å². The van der Waals surface area contributed by atoms with E-state index in [2.05, 4.69) is 26.5 Å². The number of carbonyl (C=O) groups is 1. The van der Waals surface area contributed by atoms with E-state index in [1.165, 1.54) is 0 Å². The molecule has 0 bridgehead atoms. The quantitative estimate of drug-likeness (QED) is 0.438. The molecule has 2 aliphatic heterocycles. The van der Waals surface area contributed by atoms with Crippen LogP contribution in [0.1, 0.15) is 31.2 Å². The van der Waals surface area contributed by atoms with Gasteiger partial charge in [0.2, 0.25) is 5.91 Å². The average Bonchev–Trinajstić information content (AvgIpc) is 3.42. The number of nitrogens with one attached hydrogen (secondary N) is 4. The van der Waals surface area contributed by atoms with Gasteiger partial charge in [-0.05, 0) is 80.7 Å². The molecule has 3 heterocycles. The van der Waals surface area contributed by atoms with Crippen molar-refractivity contribution in [3.63, 3.8) is 0 Å². The molecule has 4 unspecified atom stereocenters. The van der Waals surface area contributed by atoms with Crippen LogP contribution in [0.4, 0.5) is 11.5 Å². The number of hydrogen-bond acceptors (Lipinski definition) is 8. The van der Waals surface area contributed by atoms with Gasteiger partial charge in [-0.1, -0.05) is 0 Å². The molecule has 192 valence electrons. The van der Waals surface area contributed by atoms with Crippen molar-refractivity contribution in [2.45, 2.75) is 43.3 Å². The van der Waals surface area contributed by atoms with Crippen molar-refractivity contribution in [3.05, 3.63) is 36.0 Å². The Morgan fingerprint density at radius 2 is 1.97 bits per heavy atom. The lowest BCUT2D eigenvalue weighted by Gasteiger charge is -2.34. The Bertz CT molecular complexity index is 1260. The third-order valence-electron chi connectivity index (χ3n) is 8.71. The van der Waals surface area contributed by atoms with Crippen molar-refractivity contribution in [2.24, 2.45) is 17.8 Å². The summed E-state index contributed by atoms with van der Waals surface area (Å²) in [5.74, 6) is 3.40. The highest BCUT2D eigenvalue weighted by Crippen LogP contribution is 2.65. The number of rotatable bonds is 6. The van der Waals surface area contributed by atoms with Gasteiger partial charge in [-0.25, -0.2) is 10.4 Å². The van der Waals surface area contributed by atoms with E-state index in [9.17, 15) is 9.36 Å². The number of amides is 1. The molecular formula is C26H34N5O4P. The number of ether oxygens (including phenoxy) is 2. The molecule has 2 aromatic rings. The Morgan fingerprint density at radius 3 is 2.72 bits per heavy atom. The van der Waals surface area contributed by atoms with E-state index >= 15 is 0 Å². The smallest absolute Gasteiger partial charge is 0.235 e. The first-order chi connectivity index (χ1) is 17.2. The Kier molecular flexibility index (Phi) is 5.59. The third-order valence-corrected chi connectivity index (χ3v) is 10.2. The minimum absolute atomic E-state index is 0.00573. The van der Waals surface area contributed by atoms with Gasteiger partial charge in [0.1, 0.15) is 12.9 Å². The lowest BCUT2D eigenvalue weighted by molar-refractivity contribution is -0.118. The summed E-state index contributed by atoms with van der Waals surface area (Å²) >= 11 is 0. The van der Waals surface area contributed by atoms with Gasteiger partial charge >= 0.3 is 0 Å². The van der Waals surface area contributed by atoms with Gasteiger partial charge in [-0.2, -0.15) is 0 Å². The predicted molar refractivity (Wildman–Crippen MR) is 140 cm³/mol. The predicted octanol–water partition coefficient (Wildman–Crippen LogP) is 2.89. The standard InChI is InChI=1S/C26H34N5O4P/c1-34-15-6-8-20-18(10-15)26(25(32)28-20)12-19(26)14-5-7-17-21(9-14)30-31-23(17)29-24-22(35-2)11-16(13-27-24)36(3,4)33/h6,8,10-11,13-14,17,19,21,23,30-31H,5,7,9,12H2,1-4H3,(H,27,29)(H,28,32)/t14?,17?,19-,21?,23?,26-/m0/s1. The van der Waals surface area contributed by atoms with Crippen LogP contribution < -0.4 is 36.3 Å². The highest BCUT2D eigenvalue weighted by Gasteiger charge is 2.67. The fraction of sp³-hybridized carbons (Fsp3) is 0.538. The minimum Gasteiger partial charge on any atom is -0.497 e. The fourth-order valence-corrected chi connectivity index (χ4v) is 7.42.